The quantitative estimate of drug-likeness (QED) is 0.535. The molecule has 0 atom stereocenters. The Bertz CT molecular complexity index is 449. The Kier molecular flexibility index (Phi) is 9.36. The molecule has 1 fully saturated rings. The summed E-state index contributed by atoms with van der Waals surface area (Å²) >= 11 is 2.05. The minimum atomic E-state index is 0.309. The van der Waals surface area contributed by atoms with Crippen LogP contribution in [0, 0.1) is 0 Å². The largest absolute Gasteiger partial charge is 0.317 e. The Labute approximate surface area is 160 Å². The number of nitrogens with zero attached hydrogens (tertiary/aromatic N) is 1. The third-order valence-electron chi connectivity index (χ3n) is 5.13. The molecule has 1 aromatic carbocycles. The SMILES string of the molecule is CC(C)(C)N(CCCNCCCSCc1ccccc1)C1CCCC1. The van der Waals surface area contributed by atoms with E-state index in [-0.39, 0.29) is 0 Å². The van der Waals surface area contributed by atoms with Gasteiger partial charge in [0.05, 0.1) is 0 Å². The predicted molar refractivity (Wildman–Crippen MR) is 113 cm³/mol. The molecular weight excluding hydrogens is 324 g/mol. The average Bonchev–Trinajstić information content (AvgIpc) is 3.10. The Balaban J connectivity index is 1.49. The summed E-state index contributed by atoms with van der Waals surface area (Å²) in [6, 6.07) is 11.6. The van der Waals surface area contributed by atoms with E-state index in [0.29, 0.717) is 5.54 Å². The van der Waals surface area contributed by atoms with Gasteiger partial charge in [0, 0.05) is 23.9 Å². The summed E-state index contributed by atoms with van der Waals surface area (Å²) in [5.41, 5.74) is 1.75. The van der Waals surface area contributed by atoms with E-state index < -0.39 is 0 Å². The molecule has 0 saturated heterocycles. The molecule has 2 rings (SSSR count). The van der Waals surface area contributed by atoms with E-state index in [0.717, 1.165) is 24.9 Å². The lowest BCUT2D eigenvalue weighted by molar-refractivity contribution is 0.0829. The zero-order chi connectivity index (χ0) is 18.0. The highest BCUT2D eigenvalue weighted by atomic mass is 32.2. The van der Waals surface area contributed by atoms with Gasteiger partial charge in [-0.25, -0.2) is 0 Å². The molecule has 25 heavy (non-hydrogen) atoms. The fraction of sp³-hybridized carbons (Fsp3) is 0.727. The minimum Gasteiger partial charge on any atom is -0.317 e. The molecule has 0 aromatic heterocycles. The Morgan fingerprint density at radius 2 is 1.72 bits per heavy atom. The topological polar surface area (TPSA) is 15.3 Å². The normalized spacial score (nSPS) is 16.0. The van der Waals surface area contributed by atoms with Gasteiger partial charge in [-0.05, 0) is 70.9 Å². The Morgan fingerprint density at radius 3 is 2.40 bits per heavy atom. The average molecular weight is 363 g/mol. The fourth-order valence-electron chi connectivity index (χ4n) is 3.84. The van der Waals surface area contributed by atoms with Gasteiger partial charge in [0.15, 0.2) is 0 Å². The van der Waals surface area contributed by atoms with E-state index in [1.54, 1.807) is 0 Å². The van der Waals surface area contributed by atoms with Gasteiger partial charge in [0.2, 0.25) is 0 Å². The van der Waals surface area contributed by atoms with Crippen molar-refractivity contribution >= 4 is 11.8 Å². The Morgan fingerprint density at radius 1 is 1.04 bits per heavy atom. The van der Waals surface area contributed by atoms with Gasteiger partial charge in [0.25, 0.3) is 0 Å². The van der Waals surface area contributed by atoms with Crippen molar-refractivity contribution in [2.45, 2.75) is 76.6 Å². The van der Waals surface area contributed by atoms with Crippen LogP contribution in [0.2, 0.25) is 0 Å². The predicted octanol–water partition coefficient (Wildman–Crippen LogP) is 5.33. The van der Waals surface area contributed by atoms with Gasteiger partial charge in [-0.15, -0.1) is 0 Å². The summed E-state index contributed by atoms with van der Waals surface area (Å²) in [6.07, 6.45) is 8.20. The number of rotatable bonds is 11. The monoisotopic (exact) mass is 362 g/mol. The van der Waals surface area contributed by atoms with Gasteiger partial charge in [-0.2, -0.15) is 11.8 Å². The molecule has 1 saturated carbocycles. The zero-order valence-corrected chi connectivity index (χ0v) is 17.4. The maximum Gasteiger partial charge on any atom is 0.0184 e. The van der Waals surface area contributed by atoms with Crippen LogP contribution in [0.4, 0.5) is 0 Å². The van der Waals surface area contributed by atoms with Crippen molar-refractivity contribution < 1.29 is 0 Å². The lowest BCUT2D eigenvalue weighted by Crippen LogP contribution is -2.48. The van der Waals surface area contributed by atoms with E-state index in [4.69, 9.17) is 0 Å². The molecule has 1 N–H and O–H groups in total. The molecule has 0 bridgehead atoms. The summed E-state index contributed by atoms with van der Waals surface area (Å²) < 4.78 is 0. The van der Waals surface area contributed by atoms with Crippen molar-refractivity contribution in [2.75, 3.05) is 25.4 Å². The summed E-state index contributed by atoms with van der Waals surface area (Å²) in [4.78, 5) is 2.76. The molecule has 0 unspecified atom stereocenters. The van der Waals surface area contributed by atoms with E-state index in [1.807, 2.05) is 11.8 Å². The molecule has 142 valence electrons. The van der Waals surface area contributed by atoms with E-state index in [1.165, 1.54) is 56.4 Å². The molecule has 0 spiro atoms. The van der Waals surface area contributed by atoms with Crippen molar-refractivity contribution in [3.8, 4) is 0 Å². The molecule has 0 heterocycles. The first kappa shape index (κ1) is 20.8. The van der Waals surface area contributed by atoms with Crippen LogP contribution in [0.5, 0.6) is 0 Å². The van der Waals surface area contributed by atoms with Crippen molar-refractivity contribution in [2.24, 2.45) is 0 Å². The highest BCUT2D eigenvalue weighted by Gasteiger charge is 2.30. The number of thioether (sulfide) groups is 1. The highest BCUT2D eigenvalue weighted by Crippen LogP contribution is 2.29. The van der Waals surface area contributed by atoms with Gasteiger partial charge >= 0.3 is 0 Å². The molecule has 1 aromatic rings. The van der Waals surface area contributed by atoms with Crippen LogP contribution >= 0.6 is 11.8 Å². The van der Waals surface area contributed by atoms with Crippen LogP contribution in [-0.2, 0) is 5.75 Å². The maximum absolute atomic E-state index is 3.64. The second kappa shape index (κ2) is 11.3. The standard InChI is InChI=1S/C22H38N2S/c1-22(2,3)24(21-13-7-8-14-21)17-9-15-23-16-10-18-25-19-20-11-5-4-6-12-20/h4-6,11-12,21,23H,7-10,13-19H2,1-3H3. The molecule has 0 amide bonds. The third kappa shape index (κ3) is 8.15. The van der Waals surface area contributed by atoms with Crippen LogP contribution < -0.4 is 5.32 Å². The minimum absolute atomic E-state index is 0.309. The first-order valence-electron chi connectivity index (χ1n) is 10.2. The van der Waals surface area contributed by atoms with Gasteiger partial charge in [0.1, 0.15) is 0 Å². The molecule has 1 aliphatic carbocycles. The molecule has 0 aliphatic heterocycles. The van der Waals surface area contributed by atoms with Gasteiger partial charge in [-0.1, -0.05) is 43.2 Å². The zero-order valence-electron chi connectivity index (χ0n) is 16.6. The van der Waals surface area contributed by atoms with Crippen LogP contribution in [-0.4, -0.2) is 41.9 Å². The number of benzene rings is 1. The van der Waals surface area contributed by atoms with Crippen LogP contribution in [0.25, 0.3) is 0 Å². The maximum atomic E-state index is 3.64. The molecular formula is C22H38N2S. The van der Waals surface area contributed by atoms with E-state index in [2.05, 4.69) is 61.3 Å². The van der Waals surface area contributed by atoms with Crippen molar-refractivity contribution in [3.05, 3.63) is 35.9 Å². The molecule has 0 radical (unpaired) electrons. The lowest BCUT2D eigenvalue weighted by Gasteiger charge is -2.40. The molecule has 1 aliphatic rings. The Hall–Kier alpha value is -0.510. The first-order chi connectivity index (χ1) is 12.1. The van der Waals surface area contributed by atoms with Crippen LogP contribution in [0.15, 0.2) is 30.3 Å². The summed E-state index contributed by atoms with van der Waals surface area (Å²) in [6.45, 7) is 10.7. The van der Waals surface area contributed by atoms with Crippen molar-refractivity contribution in [1.29, 1.82) is 0 Å². The summed E-state index contributed by atoms with van der Waals surface area (Å²) in [5, 5.41) is 3.64. The second-order valence-corrected chi connectivity index (χ2v) is 9.40. The number of hydrogen-bond acceptors (Lipinski definition) is 3. The highest BCUT2D eigenvalue weighted by molar-refractivity contribution is 7.98. The summed E-state index contributed by atoms with van der Waals surface area (Å²) in [7, 11) is 0. The first-order valence-corrected chi connectivity index (χ1v) is 11.3. The van der Waals surface area contributed by atoms with Crippen LogP contribution in [0.1, 0.15) is 64.9 Å². The van der Waals surface area contributed by atoms with Gasteiger partial charge in [-0.3, -0.25) is 4.90 Å². The number of nitrogens with one attached hydrogen (secondary N) is 1. The second-order valence-electron chi connectivity index (χ2n) is 8.30. The van der Waals surface area contributed by atoms with Crippen molar-refractivity contribution in [1.82, 2.24) is 10.2 Å². The third-order valence-corrected chi connectivity index (χ3v) is 6.25. The molecule has 2 nitrogen and oxygen atoms in total. The molecule has 3 heteroatoms. The summed E-state index contributed by atoms with van der Waals surface area (Å²) in [5.74, 6) is 2.39. The van der Waals surface area contributed by atoms with Gasteiger partial charge < -0.3 is 5.32 Å². The van der Waals surface area contributed by atoms with Crippen LogP contribution in [0.3, 0.4) is 0 Å². The smallest absolute Gasteiger partial charge is 0.0184 e. The van der Waals surface area contributed by atoms with E-state index >= 15 is 0 Å². The van der Waals surface area contributed by atoms with Crippen molar-refractivity contribution in [3.63, 3.8) is 0 Å². The fourth-order valence-corrected chi connectivity index (χ4v) is 4.77. The van der Waals surface area contributed by atoms with E-state index in [9.17, 15) is 0 Å². The lowest BCUT2D eigenvalue weighted by atomic mass is 10.0. The number of hydrogen-bond donors (Lipinski definition) is 1.